The normalized spacial score (nSPS) is 20.7. The number of benzene rings is 2. The van der Waals surface area contributed by atoms with Gasteiger partial charge in [-0.3, -0.25) is 4.40 Å². The Kier molecular flexibility index (Phi) is 3.95. The third-order valence-electron chi connectivity index (χ3n) is 6.53. The van der Waals surface area contributed by atoms with Crippen LogP contribution >= 0.6 is 0 Å². The quantitative estimate of drug-likeness (QED) is 0.454. The zero-order valence-corrected chi connectivity index (χ0v) is 18.0. The molecule has 0 saturated heterocycles. The zero-order chi connectivity index (χ0) is 22.0. The van der Waals surface area contributed by atoms with Crippen LogP contribution in [0.3, 0.4) is 0 Å². The van der Waals surface area contributed by atoms with Gasteiger partial charge in [-0.15, -0.1) is 0 Å². The van der Waals surface area contributed by atoms with E-state index in [-0.39, 0.29) is 5.92 Å². The lowest BCUT2D eigenvalue weighted by Crippen LogP contribution is -2.40. The number of rotatable bonds is 3. The number of anilines is 1. The summed E-state index contributed by atoms with van der Waals surface area (Å²) < 4.78 is 4.13. The topological polar surface area (TPSA) is 94.3 Å². The first kappa shape index (κ1) is 19.0. The third-order valence-corrected chi connectivity index (χ3v) is 6.53. The molecule has 3 N–H and O–H groups in total. The Morgan fingerprint density at radius 2 is 1.84 bits per heavy atom. The maximum absolute atomic E-state index is 10.3. The molecule has 7 nitrogen and oxygen atoms in total. The van der Waals surface area contributed by atoms with Crippen LogP contribution in [0.1, 0.15) is 31.5 Å². The summed E-state index contributed by atoms with van der Waals surface area (Å²) in [6.45, 7) is 1.87. The molecule has 0 bridgehead atoms. The number of fused-ring (bicyclic) bond motifs is 2. The molecule has 160 valence electrons. The van der Waals surface area contributed by atoms with Crippen molar-refractivity contribution in [3.8, 4) is 22.6 Å². The average molecular weight is 425 g/mol. The Labute approximate surface area is 185 Å². The van der Waals surface area contributed by atoms with Gasteiger partial charge in [0.2, 0.25) is 0 Å². The molecule has 0 spiro atoms. The molecule has 1 fully saturated rings. The summed E-state index contributed by atoms with van der Waals surface area (Å²) >= 11 is 0. The van der Waals surface area contributed by atoms with Crippen molar-refractivity contribution in [3.05, 3.63) is 66.7 Å². The van der Waals surface area contributed by atoms with Gasteiger partial charge < -0.3 is 15.4 Å². The molecule has 6 rings (SSSR count). The molecule has 32 heavy (non-hydrogen) atoms. The number of hydrogen-bond donors (Lipinski definition) is 2. The highest BCUT2D eigenvalue weighted by molar-refractivity contribution is 5.91. The fraction of sp³-hybridized carbons (Fsp3) is 0.240. The highest BCUT2D eigenvalue weighted by Crippen LogP contribution is 2.45. The van der Waals surface area contributed by atoms with Crippen LogP contribution in [0.25, 0.3) is 39.2 Å². The fourth-order valence-electron chi connectivity index (χ4n) is 4.95. The SMILES string of the molecule is Cn1c(-c2ccccc2)nc2cc(-c3nc([C@H]4C[C@@](C)(O)C4)n4ccnc(N)c34)ccc21. The van der Waals surface area contributed by atoms with E-state index in [1.165, 1.54) is 0 Å². The minimum absolute atomic E-state index is 0.191. The van der Waals surface area contributed by atoms with E-state index in [1.54, 1.807) is 6.20 Å². The van der Waals surface area contributed by atoms with Gasteiger partial charge in [-0.25, -0.2) is 15.0 Å². The molecule has 1 aliphatic rings. The number of aryl methyl sites for hydroxylation is 1. The van der Waals surface area contributed by atoms with Crippen molar-refractivity contribution in [1.29, 1.82) is 0 Å². The summed E-state index contributed by atoms with van der Waals surface area (Å²) in [5, 5.41) is 10.3. The standard InChI is InChI=1S/C25H24N6O/c1-25(32)13-17(14-25)24-29-20(21-22(26)27-10-11-31(21)24)16-8-9-19-18(12-16)28-23(30(19)2)15-6-4-3-5-7-15/h3-12,17,32H,13-14H2,1-2H3,(H2,26,27)/t17-,25+. The molecule has 7 heteroatoms. The number of hydrogen-bond acceptors (Lipinski definition) is 5. The lowest BCUT2D eigenvalue weighted by Gasteiger charge is -2.40. The van der Waals surface area contributed by atoms with E-state index in [9.17, 15) is 5.11 Å². The van der Waals surface area contributed by atoms with Crippen LogP contribution in [0.5, 0.6) is 0 Å². The van der Waals surface area contributed by atoms with Crippen LogP contribution in [0.2, 0.25) is 0 Å². The molecule has 0 unspecified atom stereocenters. The van der Waals surface area contributed by atoms with Gasteiger partial charge in [-0.05, 0) is 31.9 Å². The monoisotopic (exact) mass is 424 g/mol. The largest absolute Gasteiger partial charge is 0.390 e. The molecule has 5 aromatic rings. The van der Waals surface area contributed by atoms with E-state index in [0.29, 0.717) is 18.7 Å². The van der Waals surface area contributed by atoms with E-state index >= 15 is 0 Å². The molecule has 0 atom stereocenters. The van der Waals surface area contributed by atoms with E-state index < -0.39 is 5.60 Å². The van der Waals surface area contributed by atoms with Crippen molar-refractivity contribution >= 4 is 22.4 Å². The van der Waals surface area contributed by atoms with E-state index in [4.69, 9.17) is 15.7 Å². The summed E-state index contributed by atoms with van der Waals surface area (Å²) in [5.41, 5.74) is 11.2. The summed E-state index contributed by atoms with van der Waals surface area (Å²) in [6.07, 6.45) is 4.97. The first-order valence-corrected chi connectivity index (χ1v) is 10.8. The Morgan fingerprint density at radius 3 is 2.59 bits per heavy atom. The van der Waals surface area contributed by atoms with Gasteiger partial charge in [0, 0.05) is 36.5 Å². The number of imidazole rings is 2. The van der Waals surface area contributed by atoms with Crippen molar-refractivity contribution < 1.29 is 5.11 Å². The summed E-state index contributed by atoms with van der Waals surface area (Å²) in [7, 11) is 2.03. The molecule has 0 amide bonds. The van der Waals surface area contributed by atoms with E-state index in [2.05, 4.69) is 39.9 Å². The number of aromatic nitrogens is 5. The van der Waals surface area contributed by atoms with Crippen molar-refractivity contribution in [2.75, 3.05) is 5.73 Å². The van der Waals surface area contributed by atoms with Crippen molar-refractivity contribution in [1.82, 2.24) is 23.9 Å². The smallest absolute Gasteiger partial charge is 0.150 e. The summed E-state index contributed by atoms with van der Waals surface area (Å²) in [5.74, 6) is 2.47. The predicted octanol–water partition coefficient (Wildman–Crippen LogP) is 4.16. The molecule has 1 aliphatic carbocycles. The second kappa shape index (κ2) is 6.64. The second-order valence-corrected chi connectivity index (χ2v) is 9.02. The van der Waals surface area contributed by atoms with Gasteiger partial charge >= 0.3 is 0 Å². The number of aliphatic hydroxyl groups is 1. The van der Waals surface area contributed by atoms with E-state index in [1.807, 2.05) is 42.8 Å². The summed E-state index contributed by atoms with van der Waals surface area (Å²) in [4.78, 5) is 14.2. The van der Waals surface area contributed by atoms with Crippen molar-refractivity contribution in [2.45, 2.75) is 31.3 Å². The van der Waals surface area contributed by atoms with Gasteiger partial charge in [0.25, 0.3) is 0 Å². The Morgan fingerprint density at radius 1 is 1.06 bits per heavy atom. The second-order valence-electron chi connectivity index (χ2n) is 9.02. The van der Waals surface area contributed by atoms with Crippen molar-refractivity contribution in [2.24, 2.45) is 7.05 Å². The number of nitrogens with two attached hydrogens (primary N) is 1. The Bertz CT molecular complexity index is 1470. The molecule has 0 aliphatic heterocycles. The molecular formula is C25H24N6O. The zero-order valence-electron chi connectivity index (χ0n) is 18.0. The predicted molar refractivity (Wildman–Crippen MR) is 125 cm³/mol. The van der Waals surface area contributed by atoms with Gasteiger partial charge in [-0.1, -0.05) is 36.4 Å². The average Bonchev–Trinajstić information content (AvgIpc) is 3.31. The highest BCUT2D eigenvalue weighted by atomic mass is 16.3. The number of nitrogens with zero attached hydrogens (tertiary/aromatic N) is 5. The van der Waals surface area contributed by atoms with Crippen LogP contribution in [0.15, 0.2) is 60.9 Å². The van der Waals surface area contributed by atoms with Crippen LogP contribution in [0, 0.1) is 0 Å². The molecule has 0 radical (unpaired) electrons. The molecule has 2 aromatic carbocycles. The van der Waals surface area contributed by atoms with Gasteiger partial charge in [0.15, 0.2) is 0 Å². The fourth-order valence-corrected chi connectivity index (χ4v) is 4.95. The lowest BCUT2D eigenvalue weighted by atomic mass is 9.72. The lowest BCUT2D eigenvalue weighted by molar-refractivity contribution is -0.0335. The third kappa shape index (κ3) is 2.81. The van der Waals surface area contributed by atoms with Gasteiger partial charge in [-0.2, -0.15) is 0 Å². The molecular weight excluding hydrogens is 400 g/mol. The van der Waals surface area contributed by atoms with Crippen LogP contribution in [0.4, 0.5) is 5.82 Å². The maximum atomic E-state index is 10.3. The number of nitrogen functional groups attached to an aromatic ring is 1. The highest BCUT2D eigenvalue weighted by Gasteiger charge is 2.41. The van der Waals surface area contributed by atoms with E-state index in [0.717, 1.165) is 45.0 Å². The first-order chi connectivity index (χ1) is 15.4. The van der Waals surface area contributed by atoms with Crippen LogP contribution in [-0.4, -0.2) is 34.6 Å². The minimum Gasteiger partial charge on any atom is -0.390 e. The van der Waals surface area contributed by atoms with Crippen LogP contribution in [-0.2, 0) is 7.05 Å². The summed E-state index contributed by atoms with van der Waals surface area (Å²) in [6, 6.07) is 16.4. The first-order valence-electron chi connectivity index (χ1n) is 10.8. The Balaban J connectivity index is 1.51. The molecule has 1 saturated carbocycles. The Hall–Kier alpha value is -3.71. The molecule has 3 heterocycles. The van der Waals surface area contributed by atoms with Crippen LogP contribution < -0.4 is 5.73 Å². The van der Waals surface area contributed by atoms with Gasteiger partial charge in [0.05, 0.1) is 16.6 Å². The minimum atomic E-state index is -0.629. The van der Waals surface area contributed by atoms with Crippen molar-refractivity contribution in [3.63, 3.8) is 0 Å². The maximum Gasteiger partial charge on any atom is 0.150 e. The molecule has 3 aromatic heterocycles. The van der Waals surface area contributed by atoms with Gasteiger partial charge in [0.1, 0.15) is 28.7 Å².